The minimum absolute atomic E-state index is 0. The molecule has 0 radical (unpaired) electrons. The molecule has 0 bridgehead atoms. The van der Waals surface area contributed by atoms with E-state index in [0.29, 0.717) is 5.56 Å². The molecule has 4 nitrogen and oxygen atoms in total. The van der Waals surface area contributed by atoms with Gasteiger partial charge in [0.05, 0.1) is 6.54 Å². The summed E-state index contributed by atoms with van der Waals surface area (Å²) in [5.41, 5.74) is 2.67. The highest BCUT2D eigenvalue weighted by molar-refractivity contribution is 8.93. The number of rotatable bonds is 5. The van der Waals surface area contributed by atoms with Crippen molar-refractivity contribution in [3.8, 4) is 0 Å². The molecule has 1 rings (SSSR count). The minimum atomic E-state index is -0.490. The van der Waals surface area contributed by atoms with E-state index in [2.05, 4.69) is 11.9 Å². The summed E-state index contributed by atoms with van der Waals surface area (Å²) in [7, 11) is 0. The molecule has 0 aliphatic carbocycles. The van der Waals surface area contributed by atoms with Gasteiger partial charge in [0.2, 0.25) is 0 Å². The number of carbonyl (C=O) groups excluding carboxylic acids is 2. The van der Waals surface area contributed by atoms with E-state index < -0.39 is 5.97 Å². The molecule has 1 aromatic rings. The lowest BCUT2D eigenvalue weighted by Crippen LogP contribution is -2.28. The predicted octanol–water partition coefficient (Wildman–Crippen LogP) is 2.34. The quantitative estimate of drug-likeness (QED) is 0.513. The van der Waals surface area contributed by atoms with Crippen LogP contribution in [0.5, 0.6) is 0 Å². The number of benzene rings is 1. The van der Waals surface area contributed by atoms with Crippen molar-refractivity contribution in [3.63, 3.8) is 0 Å². The Morgan fingerprint density at radius 2 is 2.05 bits per heavy atom. The van der Waals surface area contributed by atoms with Crippen LogP contribution in [0.1, 0.15) is 21.5 Å². The van der Waals surface area contributed by atoms with Gasteiger partial charge in [0.15, 0.2) is 0 Å². The third-order valence-corrected chi connectivity index (χ3v) is 2.65. The van der Waals surface area contributed by atoms with Crippen LogP contribution < -0.4 is 5.32 Å². The molecule has 0 fully saturated rings. The van der Waals surface area contributed by atoms with Gasteiger partial charge in [-0.05, 0) is 31.0 Å². The third-order valence-electron chi connectivity index (χ3n) is 2.65. The topological polar surface area (TPSA) is 55.4 Å². The first-order valence-corrected chi connectivity index (χ1v) is 5.70. The second kappa shape index (κ2) is 8.48. The summed E-state index contributed by atoms with van der Waals surface area (Å²) in [6.45, 7) is 7.57. The summed E-state index contributed by atoms with van der Waals surface area (Å²) < 4.78 is 4.76. The number of aryl methyl sites for hydroxylation is 1. The van der Waals surface area contributed by atoms with Crippen LogP contribution in [0.15, 0.2) is 30.9 Å². The van der Waals surface area contributed by atoms with Gasteiger partial charge in [-0.2, -0.15) is 0 Å². The molecule has 104 valence electrons. The van der Waals surface area contributed by atoms with Gasteiger partial charge in [-0.15, -0.1) is 17.0 Å². The number of halogens is 1. The summed E-state index contributed by atoms with van der Waals surface area (Å²) in [6, 6.07) is 5.57. The maximum Gasteiger partial charge on any atom is 0.330 e. The molecule has 0 unspecified atom stereocenters. The lowest BCUT2D eigenvalue weighted by molar-refractivity contribution is -0.137. The van der Waals surface area contributed by atoms with Crippen LogP contribution in [0, 0.1) is 13.8 Å². The average molecular weight is 328 g/mol. The Hall–Kier alpha value is -1.62. The van der Waals surface area contributed by atoms with Gasteiger partial charge in [-0.3, -0.25) is 4.79 Å². The Kier molecular flexibility index (Phi) is 7.75. The number of nitrogens with one attached hydrogen (secondary N) is 1. The van der Waals surface area contributed by atoms with E-state index in [4.69, 9.17) is 4.74 Å². The number of hydrogen-bond acceptors (Lipinski definition) is 3. The van der Waals surface area contributed by atoms with Crippen LogP contribution in [0.2, 0.25) is 0 Å². The standard InChI is InChI=1S/C14H17NO3.BrH/c1-4-13(16)18-9-8-15-14(17)12-7-5-6-10(2)11(12)3;/h4-7H,1,8-9H2,2-3H3,(H,15,17);1H. The van der Waals surface area contributed by atoms with Gasteiger partial charge in [-0.1, -0.05) is 18.7 Å². The van der Waals surface area contributed by atoms with Crippen LogP contribution in [-0.4, -0.2) is 25.0 Å². The van der Waals surface area contributed by atoms with Crippen LogP contribution in [0.3, 0.4) is 0 Å². The van der Waals surface area contributed by atoms with E-state index in [1.54, 1.807) is 6.07 Å². The lowest BCUT2D eigenvalue weighted by atomic mass is 10.0. The Balaban J connectivity index is 0.00000324. The fourth-order valence-corrected chi connectivity index (χ4v) is 1.47. The molecule has 0 atom stereocenters. The van der Waals surface area contributed by atoms with Crippen LogP contribution in [0.25, 0.3) is 0 Å². The highest BCUT2D eigenvalue weighted by Gasteiger charge is 2.09. The van der Waals surface area contributed by atoms with Crippen molar-refractivity contribution in [1.82, 2.24) is 5.32 Å². The molecule has 1 N–H and O–H groups in total. The maximum absolute atomic E-state index is 11.9. The molecular formula is C14H18BrNO3. The minimum Gasteiger partial charge on any atom is -0.461 e. The van der Waals surface area contributed by atoms with E-state index in [-0.39, 0.29) is 36.0 Å². The molecule has 1 aromatic carbocycles. The van der Waals surface area contributed by atoms with Crippen molar-refractivity contribution in [1.29, 1.82) is 0 Å². The van der Waals surface area contributed by atoms with Crippen LogP contribution in [0.4, 0.5) is 0 Å². The molecule has 0 aliphatic heterocycles. The summed E-state index contributed by atoms with van der Waals surface area (Å²) >= 11 is 0. The Morgan fingerprint density at radius 1 is 1.37 bits per heavy atom. The highest BCUT2D eigenvalue weighted by atomic mass is 79.9. The SMILES string of the molecule is Br.C=CC(=O)OCCNC(=O)c1cccc(C)c1C. The maximum atomic E-state index is 11.9. The first-order valence-electron chi connectivity index (χ1n) is 5.70. The van der Waals surface area contributed by atoms with Gasteiger partial charge >= 0.3 is 5.97 Å². The molecule has 0 spiro atoms. The fourth-order valence-electron chi connectivity index (χ4n) is 1.47. The van der Waals surface area contributed by atoms with Crippen molar-refractivity contribution in [2.45, 2.75) is 13.8 Å². The van der Waals surface area contributed by atoms with Crippen molar-refractivity contribution in [2.24, 2.45) is 0 Å². The molecule has 0 heterocycles. The van der Waals surface area contributed by atoms with Gasteiger partial charge in [0, 0.05) is 11.6 Å². The zero-order valence-electron chi connectivity index (χ0n) is 11.1. The summed E-state index contributed by atoms with van der Waals surface area (Å²) in [5.74, 6) is -0.651. The van der Waals surface area contributed by atoms with E-state index in [9.17, 15) is 9.59 Å². The normalized spacial score (nSPS) is 9.16. The van der Waals surface area contributed by atoms with Crippen molar-refractivity contribution in [2.75, 3.05) is 13.2 Å². The molecule has 0 aromatic heterocycles. The van der Waals surface area contributed by atoms with Gasteiger partial charge in [0.25, 0.3) is 5.91 Å². The molecular weight excluding hydrogens is 310 g/mol. The van der Waals surface area contributed by atoms with E-state index in [1.165, 1.54) is 0 Å². The van der Waals surface area contributed by atoms with Crippen LogP contribution in [-0.2, 0) is 9.53 Å². The lowest BCUT2D eigenvalue weighted by Gasteiger charge is -2.09. The Bertz CT molecular complexity index is 472. The van der Waals surface area contributed by atoms with E-state index >= 15 is 0 Å². The van der Waals surface area contributed by atoms with E-state index in [0.717, 1.165) is 17.2 Å². The monoisotopic (exact) mass is 327 g/mol. The predicted molar refractivity (Wildman–Crippen MR) is 79.7 cm³/mol. The van der Waals surface area contributed by atoms with Crippen molar-refractivity contribution in [3.05, 3.63) is 47.5 Å². The number of amides is 1. The molecule has 1 amide bonds. The van der Waals surface area contributed by atoms with Gasteiger partial charge in [-0.25, -0.2) is 4.79 Å². The molecule has 0 saturated carbocycles. The second-order valence-electron chi connectivity index (χ2n) is 3.87. The summed E-state index contributed by atoms with van der Waals surface area (Å²) in [5, 5.41) is 2.70. The van der Waals surface area contributed by atoms with E-state index in [1.807, 2.05) is 26.0 Å². The van der Waals surface area contributed by atoms with Gasteiger partial charge < -0.3 is 10.1 Å². The number of esters is 1. The largest absolute Gasteiger partial charge is 0.461 e. The first kappa shape index (κ1) is 17.4. The van der Waals surface area contributed by atoms with Crippen molar-refractivity contribution >= 4 is 28.9 Å². The number of hydrogen-bond donors (Lipinski definition) is 1. The summed E-state index contributed by atoms with van der Waals surface area (Å²) in [4.78, 5) is 22.6. The Labute approximate surface area is 123 Å². The smallest absolute Gasteiger partial charge is 0.330 e. The molecule has 0 saturated heterocycles. The zero-order valence-corrected chi connectivity index (χ0v) is 12.8. The third kappa shape index (κ3) is 5.26. The molecule has 19 heavy (non-hydrogen) atoms. The van der Waals surface area contributed by atoms with Gasteiger partial charge in [0.1, 0.15) is 6.61 Å². The number of ether oxygens (including phenoxy) is 1. The number of carbonyl (C=O) groups is 2. The highest BCUT2D eigenvalue weighted by Crippen LogP contribution is 2.12. The first-order chi connectivity index (χ1) is 8.56. The Morgan fingerprint density at radius 3 is 2.68 bits per heavy atom. The van der Waals surface area contributed by atoms with Crippen molar-refractivity contribution < 1.29 is 14.3 Å². The zero-order chi connectivity index (χ0) is 13.5. The summed E-state index contributed by atoms with van der Waals surface area (Å²) in [6.07, 6.45) is 1.09. The van der Waals surface area contributed by atoms with Crippen LogP contribution >= 0.6 is 17.0 Å². The fraction of sp³-hybridized carbons (Fsp3) is 0.286. The molecule has 5 heteroatoms. The average Bonchev–Trinajstić information content (AvgIpc) is 2.37. The second-order valence-corrected chi connectivity index (χ2v) is 3.87. The molecule has 0 aliphatic rings.